The second-order valence-corrected chi connectivity index (χ2v) is 9.41. The van der Waals surface area contributed by atoms with Crippen LogP contribution < -0.4 is 4.90 Å². The Bertz CT molecular complexity index is 1310. The first kappa shape index (κ1) is 20.2. The number of nitrogens with zero attached hydrogens (tertiary/aromatic N) is 3. The first-order valence-corrected chi connectivity index (χ1v) is 11.7. The van der Waals surface area contributed by atoms with Crippen molar-refractivity contribution in [3.05, 3.63) is 77.2 Å². The summed E-state index contributed by atoms with van der Waals surface area (Å²) in [4.78, 5) is 30.7. The van der Waals surface area contributed by atoms with Crippen LogP contribution in [0.15, 0.2) is 71.5 Å². The topological polar surface area (TPSA) is 65.8 Å². The molecule has 0 saturated heterocycles. The number of benzene rings is 1. The zero-order chi connectivity index (χ0) is 22.7. The smallest absolute Gasteiger partial charge is 0.266 e. The number of allylic oxidation sites excluding steroid dienone is 2. The molecule has 0 fully saturated rings. The van der Waals surface area contributed by atoms with E-state index < -0.39 is 0 Å². The molecule has 0 bridgehead atoms. The monoisotopic (exact) mass is 441 g/mol. The highest BCUT2D eigenvalue weighted by molar-refractivity contribution is 6.34. The fourth-order valence-electron chi connectivity index (χ4n) is 5.86. The van der Waals surface area contributed by atoms with Gasteiger partial charge >= 0.3 is 0 Å². The Hall–Kier alpha value is -3.38. The lowest BCUT2D eigenvalue weighted by Crippen LogP contribution is -2.32. The number of aromatic nitrogens is 1. The summed E-state index contributed by atoms with van der Waals surface area (Å²) in [5, 5.41) is 10.8. The number of carbonyl (C=O) groups excluding carboxylic acids is 2. The molecular formula is C27H27N3O3. The van der Waals surface area contributed by atoms with E-state index in [0.717, 1.165) is 53.6 Å². The van der Waals surface area contributed by atoms with E-state index in [9.17, 15) is 14.7 Å². The van der Waals surface area contributed by atoms with Crippen molar-refractivity contribution < 1.29 is 14.7 Å². The molecule has 0 spiro atoms. The van der Waals surface area contributed by atoms with E-state index >= 15 is 0 Å². The Morgan fingerprint density at radius 3 is 2.85 bits per heavy atom. The molecule has 1 aliphatic carbocycles. The number of aliphatic hydroxyl groups excluding tert-OH is 1. The van der Waals surface area contributed by atoms with Gasteiger partial charge in [-0.1, -0.05) is 36.4 Å². The maximum Gasteiger partial charge on any atom is 0.266 e. The van der Waals surface area contributed by atoms with Crippen molar-refractivity contribution in [3.63, 3.8) is 0 Å². The highest BCUT2D eigenvalue weighted by atomic mass is 16.3. The minimum absolute atomic E-state index is 0.106. The second kappa shape index (κ2) is 7.59. The molecule has 2 unspecified atom stereocenters. The number of aryl methyl sites for hydroxylation is 1. The van der Waals surface area contributed by atoms with Gasteiger partial charge in [0.05, 0.1) is 22.8 Å². The van der Waals surface area contributed by atoms with Gasteiger partial charge in [-0.05, 0) is 43.2 Å². The number of rotatable bonds is 3. The van der Waals surface area contributed by atoms with Crippen LogP contribution in [0.4, 0.5) is 5.69 Å². The minimum atomic E-state index is -0.294. The maximum absolute atomic E-state index is 13.8. The molecule has 6 rings (SSSR count). The number of para-hydroxylation sites is 1. The van der Waals surface area contributed by atoms with Crippen molar-refractivity contribution in [2.45, 2.75) is 38.3 Å². The third-order valence-electron chi connectivity index (χ3n) is 7.48. The molecule has 6 heteroatoms. The molecule has 168 valence electrons. The number of hydrogen-bond acceptors (Lipinski definition) is 4. The predicted molar refractivity (Wildman–Crippen MR) is 128 cm³/mol. The minimum Gasteiger partial charge on any atom is -0.396 e. The number of anilines is 1. The summed E-state index contributed by atoms with van der Waals surface area (Å²) in [5.41, 5.74) is 5.10. The Morgan fingerprint density at radius 2 is 2.00 bits per heavy atom. The van der Waals surface area contributed by atoms with Crippen LogP contribution in [0.25, 0.3) is 10.9 Å². The zero-order valence-corrected chi connectivity index (χ0v) is 18.7. The Kier molecular flexibility index (Phi) is 4.66. The summed E-state index contributed by atoms with van der Waals surface area (Å²) in [6.07, 6.45) is 13.1. The number of hydrogen-bond donors (Lipinski definition) is 1. The van der Waals surface area contributed by atoms with Gasteiger partial charge in [-0.3, -0.25) is 9.59 Å². The van der Waals surface area contributed by atoms with Crippen LogP contribution in [0.5, 0.6) is 0 Å². The van der Waals surface area contributed by atoms with Gasteiger partial charge in [0.2, 0.25) is 0 Å². The van der Waals surface area contributed by atoms with Crippen LogP contribution in [-0.4, -0.2) is 46.1 Å². The van der Waals surface area contributed by atoms with E-state index in [2.05, 4.69) is 27.7 Å². The average Bonchev–Trinajstić information content (AvgIpc) is 3.35. The van der Waals surface area contributed by atoms with Gasteiger partial charge in [0.1, 0.15) is 0 Å². The lowest BCUT2D eigenvalue weighted by molar-refractivity contribution is -0.120. The number of imide groups is 1. The van der Waals surface area contributed by atoms with E-state index in [4.69, 9.17) is 0 Å². The van der Waals surface area contributed by atoms with Crippen LogP contribution in [0, 0.1) is 5.92 Å². The summed E-state index contributed by atoms with van der Waals surface area (Å²) in [6.45, 7) is 0.925. The Morgan fingerprint density at radius 1 is 1.15 bits per heavy atom. The van der Waals surface area contributed by atoms with Crippen LogP contribution in [0.1, 0.15) is 25.0 Å². The highest BCUT2D eigenvalue weighted by Gasteiger charge is 2.41. The van der Waals surface area contributed by atoms with E-state index in [1.807, 2.05) is 37.5 Å². The SMILES string of the molecule is CN1C=C(C2=CC(=O)N(c3c4n(c5ccccc35)CCCC(CO)C4)C2=O)C2=CC=CCC21. The number of aliphatic hydroxyl groups is 1. The van der Waals surface area contributed by atoms with Crippen molar-refractivity contribution in [1.82, 2.24) is 9.47 Å². The molecule has 1 aromatic carbocycles. The average molecular weight is 442 g/mol. The van der Waals surface area contributed by atoms with E-state index in [1.165, 1.54) is 11.0 Å². The van der Waals surface area contributed by atoms with Crippen LogP contribution in [-0.2, 0) is 22.6 Å². The molecule has 1 aromatic heterocycles. The van der Waals surface area contributed by atoms with Gasteiger partial charge in [-0.25, -0.2) is 4.90 Å². The van der Waals surface area contributed by atoms with Gasteiger partial charge in [-0.15, -0.1) is 0 Å². The third kappa shape index (κ3) is 2.97. The maximum atomic E-state index is 13.8. The second-order valence-electron chi connectivity index (χ2n) is 9.41. The summed E-state index contributed by atoms with van der Waals surface area (Å²) in [7, 11) is 2.01. The van der Waals surface area contributed by atoms with Gasteiger partial charge in [-0.2, -0.15) is 0 Å². The molecule has 2 aromatic rings. The van der Waals surface area contributed by atoms with Gasteiger partial charge < -0.3 is 14.6 Å². The molecule has 6 nitrogen and oxygen atoms in total. The largest absolute Gasteiger partial charge is 0.396 e. The first-order chi connectivity index (χ1) is 16.1. The fraction of sp³-hybridized carbons (Fsp3) is 0.333. The van der Waals surface area contributed by atoms with Crippen molar-refractivity contribution in [1.29, 1.82) is 0 Å². The number of carbonyl (C=O) groups is 2. The molecule has 3 aliphatic heterocycles. The lowest BCUT2D eigenvalue weighted by atomic mass is 9.91. The predicted octanol–water partition coefficient (Wildman–Crippen LogP) is 3.47. The summed E-state index contributed by atoms with van der Waals surface area (Å²) < 4.78 is 2.24. The Labute approximate surface area is 192 Å². The van der Waals surface area contributed by atoms with E-state index in [-0.39, 0.29) is 30.4 Å². The van der Waals surface area contributed by atoms with Crippen LogP contribution >= 0.6 is 0 Å². The first-order valence-electron chi connectivity index (χ1n) is 11.7. The third-order valence-corrected chi connectivity index (χ3v) is 7.48. The molecule has 2 amide bonds. The number of likely N-dealkylation sites (N-methyl/N-ethyl adjacent to an activating group) is 1. The fourth-order valence-corrected chi connectivity index (χ4v) is 5.86. The molecule has 2 atom stereocenters. The van der Waals surface area contributed by atoms with E-state index in [1.54, 1.807) is 0 Å². The van der Waals surface area contributed by atoms with Crippen LogP contribution in [0.2, 0.25) is 0 Å². The summed E-state index contributed by atoms with van der Waals surface area (Å²) >= 11 is 0. The quantitative estimate of drug-likeness (QED) is 0.741. The van der Waals surface area contributed by atoms with Crippen molar-refractivity contribution in [3.8, 4) is 0 Å². The molecule has 33 heavy (non-hydrogen) atoms. The van der Waals surface area contributed by atoms with Gasteiger partial charge in [0.15, 0.2) is 0 Å². The molecule has 1 N–H and O–H groups in total. The van der Waals surface area contributed by atoms with E-state index in [0.29, 0.717) is 17.7 Å². The summed E-state index contributed by atoms with van der Waals surface area (Å²) in [5.74, 6) is -0.432. The van der Waals surface area contributed by atoms with Crippen molar-refractivity contribution >= 4 is 28.4 Å². The summed E-state index contributed by atoms with van der Waals surface area (Å²) in [6, 6.07) is 8.20. The molecule has 4 heterocycles. The van der Waals surface area contributed by atoms with Crippen molar-refractivity contribution in [2.24, 2.45) is 5.92 Å². The molecule has 4 aliphatic rings. The molecule has 0 radical (unpaired) electrons. The standard InChI is InChI=1S/C27H27N3O3/c1-28-15-21(18-8-2-4-10-22(18)28)20-14-25(32)30(27(20)33)26-19-9-3-5-11-23(19)29-12-6-7-17(16-31)13-24(26)29/h2-5,8-9,11,14-15,17,22,31H,6-7,10,12-13,16H2,1H3. The molecular weight excluding hydrogens is 414 g/mol. The zero-order valence-electron chi connectivity index (χ0n) is 18.7. The molecule has 0 saturated carbocycles. The number of amides is 2. The van der Waals surface area contributed by atoms with Gasteiger partial charge in [0.25, 0.3) is 11.8 Å². The van der Waals surface area contributed by atoms with Crippen LogP contribution in [0.3, 0.4) is 0 Å². The normalized spacial score (nSPS) is 24.6. The number of fused-ring (bicyclic) bond motifs is 4. The van der Waals surface area contributed by atoms with Gasteiger partial charge in [0, 0.05) is 49.1 Å². The van der Waals surface area contributed by atoms with Crippen molar-refractivity contribution in [2.75, 3.05) is 18.6 Å². The Balaban J connectivity index is 1.46. The lowest BCUT2D eigenvalue weighted by Gasteiger charge is -2.23. The highest BCUT2D eigenvalue weighted by Crippen LogP contribution is 2.43.